The van der Waals surface area contributed by atoms with E-state index in [1.807, 2.05) is 19.1 Å². The zero-order chi connectivity index (χ0) is 15.5. The van der Waals surface area contributed by atoms with Crippen LogP contribution in [0.5, 0.6) is 0 Å². The van der Waals surface area contributed by atoms with Gasteiger partial charge < -0.3 is 15.3 Å². The highest BCUT2D eigenvalue weighted by atomic mass is 16.4. The van der Waals surface area contributed by atoms with Gasteiger partial charge in [-0.05, 0) is 38.3 Å². The van der Waals surface area contributed by atoms with Crippen molar-refractivity contribution < 1.29 is 14.7 Å². The predicted octanol–water partition coefficient (Wildman–Crippen LogP) is 1.79. The van der Waals surface area contributed by atoms with Crippen LogP contribution >= 0.6 is 0 Å². The second-order valence-corrected chi connectivity index (χ2v) is 5.86. The quantitative estimate of drug-likeness (QED) is 0.889. The van der Waals surface area contributed by atoms with Crippen LogP contribution in [0.1, 0.15) is 31.0 Å². The summed E-state index contributed by atoms with van der Waals surface area (Å²) in [4.78, 5) is 29.2. The number of pyridine rings is 1. The molecule has 1 unspecified atom stereocenters. The van der Waals surface area contributed by atoms with Crippen LogP contribution in [0.15, 0.2) is 18.3 Å². The van der Waals surface area contributed by atoms with E-state index in [9.17, 15) is 14.7 Å². The molecule has 1 aromatic rings. The van der Waals surface area contributed by atoms with E-state index in [1.165, 1.54) is 0 Å². The first kappa shape index (κ1) is 15.3. The first-order valence-corrected chi connectivity index (χ1v) is 7.08. The lowest BCUT2D eigenvalue weighted by molar-refractivity contribution is -0.150. The number of carbonyl (C=O) groups excluding carboxylic acids is 1. The number of carbonyl (C=O) groups is 2. The fourth-order valence-electron chi connectivity index (χ4n) is 2.48. The maximum absolute atomic E-state index is 12.2. The minimum atomic E-state index is -0.846. The van der Waals surface area contributed by atoms with Crippen molar-refractivity contribution in [2.24, 2.45) is 5.41 Å². The van der Waals surface area contributed by atoms with Gasteiger partial charge in [0.1, 0.15) is 0 Å². The van der Waals surface area contributed by atoms with E-state index in [0.717, 1.165) is 11.3 Å². The minimum Gasteiger partial charge on any atom is -0.481 e. The Kier molecular flexibility index (Phi) is 4.45. The van der Waals surface area contributed by atoms with Gasteiger partial charge in [0, 0.05) is 31.5 Å². The van der Waals surface area contributed by atoms with Crippen molar-refractivity contribution in [2.45, 2.75) is 33.2 Å². The number of piperidine rings is 1. The first-order chi connectivity index (χ1) is 9.90. The van der Waals surface area contributed by atoms with Crippen LogP contribution in [0.3, 0.4) is 0 Å². The Balaban J connectivity index is 1.91. The summed E-state index contributed by atoms with van der Waals surface area (Å²) < 4.78 is 0. The molecule has 2 N–H and O–H groups in total. The second kappa shape index (κ2) is 6.11. The lowest BCUT2D eigenvalue weighted by atomic mass is 9.82. The number of amides is 2. The smallest absolute Gasteiger partial charge is 0.317 e. The Hall–Kier alpha value is -2.11. The van der Waals surface area contributed by atoms with Gasteiger partial charge in [0.2, 0.25) is 0 Å². The lowest BCUT2D eigenvalue weighted by Gasteiger charge is -2.37. The molecule has 0 radical (unpaired) electrons. The summed E-state index contributed by atoms with van der Waals surface area (Å²) in [5, 5.41) is 12.1. The van der Waals surface area contributed by atoms with Crippen LogP contribution in [0.2, 0.25) is 0 Å². The van der Waals surface area contributed by atoms with E-state index in [0.29, 0.717) is 25.9 Å². The lowest BCUT2D eigenvalue weighted by Crippen LogP contribution is -2.51. The molecule has 2 amide bonds. The number of carboxylic acid groups (broad SMARTS) is 1. The van der Waals surface area contributed by atoms with E-state index in [1.54, 1.807) is 18.0 Å². The molecular formula is C15H21N3O3. The van der Waals surface area contributed by atoms with Gasteiger partial charge in [-0.3, -0.25) is 9.78 Å². The van der Waals surface area contributed by atoms with E-state index >= 15 is 0 Å². The van der Waals surface area contributed by atoms with Crippen LogP contribution in [-0.4, -0.2) is 40.1 Å². The number of nitrogens with one attached hydrogen (secondary N) is 1. The van der Waals surface area contributed by atoms with E-state index in [-0.39, 0.29) is 12.6 Å². The average molecular weight is 291 g/mol. The highest BCUT2D eigenvalue weighted by molar-refractivity contribution is 5.78. The van der Waals surface area contributed by atoms with Gasteiger partial charge in [0.25, 0.3) is 0 Å². The summed E-state index contributed by atoms with van der Waals surface area (Å²) in [6.45, 7) is 4.84. The Bertz CT molecular complexity index is 529. The van der Waals surface area contributed by atoms with Crippen molar-refractivity contribution in [1.82, 2.24) is 15.2 Å². The van der Waals surface area contributed by atoms with Crippen LogP contribution in [0, 0.1) is 12.3 Å². The molecule has 6 heteroatoms. The van der Waals surface area contributed by atoms with Gasteiger partial charge in [0.15, 0.2) is 0 Å². The maximum atomic E-state index is 12.2. The molecule has 114 valence electrons. The monoisotopic (exact) mass is 291 g/mol. The van der Waals surface area contributed by atoms with Crippen molar-refractivity contribution >= 4 is 12.0 Å². The molecule has 1 aromatic heterocycles. The number of urea groups is 1. The topological polar surface area (TPSA) is 82.5 Å². The molecule has 6 nitrogen and oxygen atoms in total. The number of aryl methyl sites for hydroxylation is 1. The van der Waals surface area contributed by atoms with Crippen molar-refractivity contribution in [1.29, 1.82) is 0 Å². The molecule has 2 rings (SSSR count). The third-order valence-electron chi connectivity index (χ3n) is 3.92. The average Bonchev–Trinajstić information content (AvgIpc) is 2.46. The molecule has 1 saturated heterocycles. The number of nitrogens with zero attached hydrogens (tertiary/aromatic N) is 2. The molecule has 0 saturated carbocycles. The van der Waals surface area contributed by atoms with Crippen LogP contribution < -0.4 is 5.32 Å². The van der Waals surface area contributed by atoms with Crippen LogP contribution in [-0.2, 0) is 11.3 Å². The first-order valence-electron chi connectivity index (χ1n) is 7.08. The van der Waals surface area contributed by atoms with Gasteiger partial charge >= 0.3 is 12.0 Å². The minimum absolute atomic E-state index is 0.220. The SMILES string of the molecule is Cc1ccc(CNC(=O)N2CCCC(C)(C(=O)O)C2)cn1. The van der Waals surface area contributed by atoms with Crippen LogP contribution in [0.25, 0.3) is 0 Å². The molecule has 0 bridgehead atoms. The number of rotatable bonds is 3. The van der Waals surface area contributed by atoms with E-state index in [2.05, 4.69) is 10.3 Å². The molecule has 1 atom stereocenters. The predicted molar refractivity (Wildman–Crippen MR) is 77.8 cm³/mol. The summed E-state index contributed by atoms with van der Waals surface area (Å²) in [7, 11) is 0. The molecule has 2 heterocycles. The number of carboxylic acids is 1. The van der Waals surface area contributed by atoms with E-state index < -0.39 is 11.4 Å². The highest BCUT2D eigenvalue weighted by Crippen LogP contribution is 2.29. The number of hydrogen-bond donors (Lipinski definition) is 2. The van der Waals surface area contributed by atoms with Crippen molar-refractivity contribution in [3.63, 3.8) is 0 Å². The van der Waals surface area contributed by atoms with Crippen LogP contribution in [0.4, 0.5) is 4.79 Å². The van der Waals surface area contributed by atoms with Gasteiger partial charge in [-0.2, -0.15) is 0 Å². The Labute approximate surface area is 124 Å². The zero-order valence-corrected chi connectivity index (χ0v) is 12.4. The molecule has 0 aliphatic carbocycles. The summed E-state index contributed by atoms with van der Waals surface area (Å²) in [6, 6.07) is 3.59. The fraction of sp³-hybridized carbons (Fsp3) is 0.533. The van der Waals surface area contributed by atoms with Gasteiger partial charge in [-0.25, -0.2) is 4.79 Å². The third kappa shape index (κ3) is 3.71. The number of likely N-dealkylation sites (tertiary alicyclic amines) is 1. The van der Waals surface area contributed by atoms with E-state index in [4.69, 9.17) is 0 Å². The Morgan fingerprint density at radius 3 is 2.86 bits per heavy atom. The highest BCUT2D eigenvalue weighted by Gasteiger charge is 2.39. The number of hydrogen-bond acceptors (Lipinski definition) is 3. The Morgan fingerprint density at radius 1 is 1.48 bits per heavy atom. The molecule has 0 spiro atoms. The largest absolute Gasteiger partial charge is 0.481 e. The Morgan fingerprint density at radius 2 is 2.24 bits per heavy atom. The van der Waals surface area contributed by atoms with Crippen molar-refractivity contribution in [3.8, 4) is 0 Å². The third-order valence-corrected chi connectivity index (χ3v) is 3.92. The molecule has 21 heavy (non-hydrogen) atoms. The van der Waals surface area contributed by atoms with Gasteiger partial charge in [0.05, 0.1) is 5.41 Å². The summed E-state index contributed by atoms with van der Waals surface area (Å²) in [6.07, 6.45) is 3.05. The molecule has 0 aromatic carbocycles. The van der Waals surface area contributed by atoms with Crippen molar-refractivity contribution in [3.05, 3.63) is 29.6 Å². The second-order valence-electron chi connectivity index (χ2n) is 5.86. The van der Waals surface area contributed by atoms with Gasteiger partial charge in [-0.1, -0.05) is 6.07 Å². The summed E-state index contributed by atoms with van der Waals surface area (Å²) >= 11 is 0. The van der Waals surface area contributed by atoms with Crippen molar-refractivity contribution in [2.75, 3.05) is 13.1 Å². The van der Waals surface area contributed by atoms with Gasteiger partial charge in [-0.15, -0.1) is 0 Å². The number of aromatic nitrogens is 1. The molecule has 1 aliphatic rings. The molecule has 1 fully saturated rings. The zero-order valence-electron chi connectivity index (χ0n) is 12.4. The molecule has 1 aliphatic heterocycles. The normalized spacial score (nSPS) is 21.9. The molecular weight excluding hydrogens is 270 g/mol. The summed E-state index contributed by atoms with van der Waals surface area (Å²) in [5.74, 6) is -0.845. The fourth-order valence-corrected chi connectivity index (χ4v) is 2.48. The number of aliphatic carboxylic acids is 1. The maximum Gasteiger partial charge on any atom is 0.317 e. The standard InChI is InChI=1S/C15H21N3O3/c1-11-4-5-12(8-16-11)9-17-14(21)18-7-3-6-15(2,10-18)13(19)20/h4-5,8H,3,6-7,9-10H2,1-2H3,(H,17,21)(H,19,20). The summed E-state index contributed by atoms with van der Waals surface area (Å²) in [5.41, 5.74) is 1.01.